The van der Waals surface area contributed by atoms with E-state index in [1.165, 1.54) is 0 Å². The van der Waals surface area contributed by atoms with E-state index in [-0.39, 0.29) is 11.9 Å². The van der Waals surface area contributed by atoms with Gasteiger partial charge >= 0.3 is 0 Å². The maximum absolute atomic E-state index is 12.1. The van der Waals surface area contributed by atoms with Gasteiger partial charge in [0.15, 0.2) is 0 Å². The molecular weight excluding hydrogens is 292 g/mol. The Morgan fingerprint density at radius 2 is 2.04 bits per heavy atom. The lowest BCUT2D eigenvalue weighted by Gasteiger charge is -2.22. The van der Waals surface area contributed by atoms with Crippen LogP contribution in [0.4, 0.5) is 0 Å². The Hall–Kier alpha value is -2.27. The monoisotopic (exact) mass is 316 g/mol. The number of para-hydroxylation sites is 1. The molecule has 0 saturated heterocycles. The van der Waals surface area contributed by atoms with Crippen LogP contribution in [0.15, 0.2) is 47.1 Å². The third-order valence-electron chi connectivity index (χ3n) is 3.80. The van der Waals surface area contributed by atoms with Gasteiger partial charge in [0.25, 0.3) is 0 Å². The van der Waals surface area contributed by atoms with E-state index in [1.54, 1.807) is 13.4 Å². The largest absolute Gasteiger partial charge is 0.496 e. The molecule has 1 N–H and O–H groups in total. The number of aryl methyl sites for hydroxylation is 1. The molecule has 1 heterocycles. The van der Waals surface area contributed by atoms with Gasteiger partial charge in [-0.05, 0) is 44.3 Å². The molecule has 1 atom stereocenters. The summed E-state index contributed by atoms with van der Waals surface area (Å²) in [6, 6.07) is 11.6. The molecule has 23 heavy (non-hydrogen) atoms. The second-order valence-electron chi connectivity index (χ2n) is 5.61. The molecule has 2 rings (SSSR count). The number of hydrogen-bond acceptors (Lipinski definition) is 4. The van der Waals surface area contributed by atoms with Crippen molar-refractivity contribution in [2.45, 2.75) is 18.9 Å². The summed E-state index contributed by atoms with van der Waals surface area (Å²) in [5, 5.41) is 2.98. The first-order valence-electron chi connectivity index (χ1n) is 7.70. The molecule has 1 aromatic heterocycles. The first-order chi connectivity index (χ1) is 11.1. The lowest BCUT2D eigenvalue weighted by molar-refractivity contribution is -0.121. The molecule has 0 aliphatic rings. The predicted octanol–water partition coefficient (Wildman–Crippen LogP) is 2.64. The van der Waals surface area contributed by atoms with Gasteiger partial charge in [0.1, 0.15) is 11.5 Å². The summed E-state index contributed by atoms with van der Waals surface area (Å²) < 4.78 is 10.7. The van der Waals surface area contributed by atoms with Crippen molar-refractivity contribution in [2.24, 2.45) is 0 Å². The van der Waals surface area contributed by atoms with Crippen molar-refractivity contribution in [2.75, 3.05) is 27.7 Å². The maximum atomic E-state index is 12.1. The fraction of sp³-hybridized carbons (Fsp3) is 0.389. The van der Waals surface area contributed by atoms with Gasteiger partial charge in [0, 0.05) is 13.0 Å². The standard InChI is InChI=1S/C18H24N2O3/c1-20(2)15(17-9-6-12-23-17)13-19-18(21)11-10-14-7-4-5-8-16(14)22-3/h4-9,12,15H,10-11,13H2,1-3H3,(H,19,21)/t15-/m1/s1. The van der Waals surface area contributed by atoms with Crippen LogP contribution in [0.2, 0.25) is 0 Å². The number of rotatable bonds is 8. The molecule has 0 fully saturated rings. The van der Waals surface area contributed by atoms with Crippen molar-refractivity contribution in [3.8, 4) is 5.75 Å². The van der Waals surface area contributed by atoms with Gasteiger partial charge < -0.3 is 14.5 Å². The number of furan rings is 1. The van der Waals surface area contributed by atoms with Crippen LogP contribution >= 0.6 is 0 Å². The zero-order valence-electron chi connectivity index (χ0n) is 13.9. The number of hydrogen-bond donors (Lipinski definition) is 1. The Bertz CT molecular complexity index is 608. The van der Waals surface area contributed by atoms with Gasteiger partial charge in [0.2, 0.25) is 5.91 Å². The minimum Gasteiger partial charge on any atom is -0.496 e. The van der Waals surface area contributed by atoms with Crippen molar-refractivity contribution in [3.63, 3.8) is 0 Å². The fourth-order valence-corrected chi connectivity index (χ4v) is 2.48. The first-order valence-corrected chi connectivity index (χ1v) is 7.70. The minimum absolute atomic E-state index is 0.0225. The van der Waals surface area contributed by atoms with E-state index in [1.807, 2.05) is 55.4 Å². The van der Waals surface area contributed by atoms with Crippen molar-refractivity contribution in [1.29, 1.82) is 0 Å². The Morgan fingerprint density at radius 3 is 2.70 bits per heavy atom. The summed E-state index contributed by atoms with van der Waals surface area (Å²) in [6.07, 6.45) is 2.73. The Labute approximate surface area is 137 Å². The van der Waals surface area contributed by atoms with E-state index in [2.05, 4.69) is 5.32 Å². The average molecular weight is 316 g/mol. The molecule has 0 spiro atoms. The summed E-state index contributed by atoms with van der Waals surface area (Å²) in [7, 11) is 5.58. The average Bonchev–Trinajstić information content (AvgIpc) is 3.07. The molecule has 2 aromatic rings. The van der Waals surface area contributed by atoms with Gasteiger partial charge in [-0.25, -0.2) is 0 Å². The second-order valence-corrected chi connectivity index (χ2v) is 5.61. The molecule has 0 aliphatic heterocycles. The lowest BCUT2D eigenvalue weighted by atomic mass is 10.1. The molecule has 0 aliphatic carbocycles. The molecule has 0 unspecified atom stereocenters. The molecule has 124 valence electrons. The fourth-order valence-electron chi connectivity index (χ4n) is 2.48. The summed E-state index contributed by atoms with van der Waals surface area (Å²) in [4.78, 5) is 14.1. The Morgan fingerprint density at radius 1 is 1.26 bits per heavy atom. The maximum Gasteiger partial charge on any atom is 0.220 e. The van der Waals surface area contributed by atoms with Crippen molar-refractivity contribution < 1.29 is 13.9 Å². The third-order valence-corrected chi connectivity index (χ3v) is 3.80. The Kier molecular flexibility index (Phi) is 6.23. The summed E-state index contributed by atoms with van der Waals surface area (Å²) in [6.45, 7) is 0.519. The molecular formula is C18H24N2O3. The van der Waals surface area contributed by atoms with E-state index >= 15 is 0 Å². The molecule has 5 heteroatoms. The number of amides is 1. The van der Waals surface area contributed by atoms with Crippen LogP contribution in [0.3, 0.4) is 0 Å². The van der Waals surface area contributed by atoms with Crippen LogP contribution < -0.4 is 10.1 Å². The summed E-state index contributed by atoms with van der Waals surface area (Å²) in [5.74, 6) is 1.69. The third kappa shape index (κ3) is 4.86. The van der Waals surface area contributed by atoms with Gasteiger partial charge in [-0.3, -0.25) is 9.69 Å². The van der Waals surface area contributed by atoms with Gasteiger partial charge in [-0.15, -0.1) is 0 Å². The SMILES string of the molecule is COc1ccccc1CCC(=O)NC[C@H](c1ccco1)N(C)C. The molecule has 1 aromatic carbocycles. The van der Waals surface area contributed by atoms with Crippen LogP contribution in [-0.2, 0) is 11.2 Å². The highest BCUT2D eigenvalue weighted by molar-refractivity contribution is 5.76. The van der Waals surface area contributed by atoms with Crippen LogP contribution in [0, 0.1) is 0 Å². The summed E-state index contributed by atoms with van der Waals surface area (Å²) >= 11 is 0. The smallest absolute Gasteiger partial charge is 0.220 e. The van der Waals surface area contributed by atoms with E-state index in [0.717, 1.165) is 17.1 Å². The van der Waals surface area contributed by atoms with Gasteiger partial charge in [0.05, 0.1) is 19.4 Å². The van der Waals surface area contributed by atoms with Crippen molar-refractivity contribution in [1.82, 2.24) is 10.2 Å². The zero-order valence-corrected chi connectivity index (χ0v) is 13.9. The molecule has 0 radical (unpaired) electrons. The van der Waals surface area contributed by atoms with Gasteiger partial charge in [-0.1, -0.05) is 18.2 Å². The molecule has 0 bridgehead atoms. The number of methoxy groups -OCH3 is 1. The lowest BCUT2D eigenvalue weighted by Crippen LogP contribution is -2.34. The number of carbonyl (C=O) groups is 1. The number of carbonyl (C=O) groups excluding carboxylic acids is 1. The second kappa shape index (κ2) is 8.39. The predicted molar refractivity (Wildman–Crippen MR) is 89.5 cm³/mol. The Balaban J connectivity index is 1.85. The first kappa shape index (κ1) is 17.1. The highest BCUT2D eigenvalue weighted by atomic mass is 16.5. The highest BCUT2D eigenvalue weighted by Crippen LogP contribution is 2.19. The molecule has 1 amide bonds. The van der Waals surface area contributed by atoms with Crippen molar-refractivity contribution >= 4 is 5.91 Å². The minimum atomic E-state index is 0.0225. The van der Waals surface area contributed by atoms with E-state index < -0.39 is 0 Å². The van der Waals surface area contributed by atoms with Crippen LogP contribution in [0.5, 0.6) is 5.75 Å². The van der Waals surface area contributed by atoms with E-state index in [4.69, 9.17) is 9.15 Å². The van der Waals surface area contributed by atoms with E-state index in [0.29, 0.717) is 19.4 Å². The van der Waals surface area contributed by atoms with Crippen LogP contribution in [-0.4, -0.2) is 38.6 Å². The van der Waals surface area contributed by atoms with Gasteiger partial charge in [-0.2, -0.15) is 0 Å². The highest BCUT2D eigenvalue weighted by Gasteiger charge is 2.17. The number of nitrogens with zero attached hydrogens (tertiary/aromatic N) is 1. The van der Waals surface area contributed by atoms with Crippen LogP contribution in [0.1, 0.15) is 23.8 Å². The van der Waals surface area contributed by atoms with Crippen molar-refractivity contribution in [3.05, 3.63) is 54.0 Å². The van der Waals surface area contributed by atoms with Crippen LogP contribution in [0.25, 0.3) is 0 Å². The number of likely N-dealkylation sites (N-methyl/N-ethyl adjacent to an activating group) is 1. The number of benzene rings is 1. The quantitative estimate of drug-likeness (QED) is 0.813. The molecule has 5 nitrogen and oxygen atoms in total. The van der Waals surface area contributed by atoms with E-state index in [9.17, 15) is 4.79 Å². The normalized spacial score (nSPS) is 12.2. The number of nitrogens with one attached hydrogen (secondary N) is 1. The zero-order chi connectivity index (χ0) is 16.7. The molecule has 0 saturated carbocycles. The topological polar surface area (TPSA) is 54.7 Å². The summed E-state index contributed by atoms with van der Waals surface area (Å²) in [5.41, 5.74) is 1.04. The number of ether oxygens (including phenoxy) is 1.